The third-order valence-electron chi connectivity index (χ3n) is 6.02. The maximum absolute atomic E-state index is 12.7. The Kier molecular flexibility index (Phi) is 4.77. The van der Waals surface area contributed by atoms with Crippen molar-refractivity contribution in [2.24, 2.45) is 0 Å². The maximum atomic E-state index is 12.7. The van der Waals surface area contributed by atoms with Crippen LogP contribution < -0.4 is 0 Å². The topological polar surface area (TPSA) is 23.5 Å². The molecule has 144 valence electrons. The first-order chi connectivity index (χ1) is 12.8. The zero-order valence-electron chi connectivity index (χ0n) is 15.1. The van der Waals surface area contributed by atoms with Crippen molar-refractivity contribution in [3.63, 3.8) is 0 Å². The van der Waals surface area contributed by atoms with E-state index in [-0.39, 0.29) is 0 Å². The first-order valence-electron chi connectivity index (χ1n) is 9.51. The van der Waals surface area contributed by atoms with E-state index in [0.717, 1.165) is 37.1 Å². The van der Waals surface area contributed by atoms with E-state index in [0.29, 0.717) is 31.3 Å². The van der Waals surface area contributed by atoms with Gasteiger partial charge in [0.25, 0.3) is 0 Å². The highest BCUT2D eigenvalue weighted by atomic mass is 19.4. The zero-order valence-corrected chi connectivity index (χ0v) is 15.1. The third kappa shape index (κ3) is 4.04. The maximum Gasteiger partial charge on any atom is 0.416 e. The lowest BCUT2D eigenvalue weighted by Crippen LogP contribution is -2.51. The van der Waals surface area contributed by atoms with Crippen molar-refractivity contribution in [1.29, 1.82) is 0 Å². The number of halogens is 3. The van der Waals surface area contributed by atoms with Crippen LogP contribution in [0.2, 0.25) is 0 Å². The molecule has 2 fully saturated rings. The SMILES string of the molecule is OC1(Cc2ccc(C(F)(F)F)cc2)CC2CCC(C1)N2Cc1ccccc1. The standard InChI is InChI=1S/C22H24F3NO/c23-22(24,25)18-8-6-16(7-9-18)12-21(27)13-19-10-11-20(14-21)26(19)15-17-4-2-1-3-5-17/h1-9,19-20,27H,10-15H2. The van der Waals surface area contributed by atoms with Crippen molar-refractivity contribution in [2.75, 3.05) is 0 Å². The monoisotopic (exact) mass is 375 g/mol. The molecule has 27 heavy (non-hydrogen) atoms. The van der Waals surface area contributed by atoms with E-state index >= 15 is 0 Å². The Morgan fingerprint density at radius 1 is 0.889 bits per heavy atom. The second kappa shape index (κ2) is 6.95. The molecular weight excluding hydrogens is 351 g/mol. The summed E-state index contributed by atoms with van der Waals surface area (Å²) in [7, 11) is 0. The molecule has 0 aromatic heterocycles. The summed E-state index contributed by atoms with van der Waals surface area (Å²) in [5.41, 5.74) is 0.568. The number of benzene rings is 2. The van der Waals surface area contributed by atoms with E-state index in [9.17, 15) is 18.3 Å². The van der Waals surface area contributed by atoms with Gasteiger partial charge in [-0.3, -0.25) is 4.90 Å². The van der Waals surface area contributed by atoms with Gasteiger partial charge in [0.15, 0.2) is 0 Å². The Balaban J connectivity index is 1.44. The lowest BCUT2D eigenvalue weighted by atomic mass is 9.81. The summed E-state index contributed by atoms with van der Waals surface area (Å²) >= 11 is 0. The Hall–Kier alpha value is -1.85. The normalized spacial score (nSPS) is 28.4. The average molecular weight is 375 g/mol. The molecule has 4 rings (SSSR count). The number of hydrogen-bond donors (Lipinski definition) is 1. The second-order valence-electron chi connectivity index (χ2n) is 8.05. The summed E-state index contributed by atoms with van der Waals surface area (Å²) < 4.78 is 38.2. The molecule has 1 N–H and O–H groups in total. The lowest BCUT2D eigenvalue weighted by molar-refractivity contribution is -0.137. The molecule has 0 aliphatic carbocycles. The first kappa shape index (κ1) is 18.5. The molecule has 2 bridgehead atoms. The highest BCUT2D eigenvalue weighted by Gasteiger charge is 2.47. The molecule has 2 aliphatic heterocycles. The van der Waals surface area contributed by atoms with Crippen LogP contribution in [0.3, 0.4) is 0 Å². The average Bonchev–Trinajstić information content (AvgIpc) is 2.86. The van der Waals surface area contributed by atoms with E-state index in [2.05, 4.69) is 17.0 Å². The number of aliphatic hydroxyl groups is 1. The van der Waals surface area contributed by atoms with E-state index in [1.54, 1.807) is 0 Å². The van der Waals surface area contributed by atoms with E-state index < -0.39 is 17.3 Å². The highest BCUT2D eigenvalue weighted by molar-refractivity contribution is 5.26. The van der Waals surface area contributed by atoms with Gasteiger partial charge in [0.05, 0.1) is 11.2 Å². The van der Waals surface area contributed by atoms with Crippen LogP contribution in [0.4, 0.5) is 13.2 Å². The van der Waals surface area contributed by atoms with Gasteiger partial charge in [0.2, 0.25) is 0 Å². The molecule has 2 unspecified atom stereocenters. The summed E-state index contributed by atoms with van der Waals surface area (Å²) in [4.78, 5) is 2.50. The molecule has 0 saturated carbocycles. The van der Waals surface area contributed by atoms with Crippen LogP contribution in [-0.4, -0.2) is 27.7 Å². The van der Waals surface area contributed by atoms with Gasteiger partial charge in [-0.1, -0.05) is 42.5 Å². The number of fused-ring (bicyclic) bond motifs is 2. The summed E-state index contributed by atoms with van der Waals surface area (Å²) in [6, 6.07) is 16.2. The first-order valence-corrected chi connectivity index (χ1v) is 9.51. The molecule has 2 atom stereocenters. The summed E-state index contributed by atoms with van der Waals surface area (Å²) in [6.07, 6.45) is -0.400. The number of alkyl halides is 3. The number of hydrogen-bond acceptors (Lipinski definition) is 2. The van der Waals surface area contributed by atoms with Crippen LogP contribution in [0, 0.1) is 0 Å². The van der Waals surface area contributed by atoms with Crippen LogP contribution in [-0.2, 0) is 19.1 Å². The Labute approximate surface area is 157 Å². The molecule has 0 radical (unpaired) electrons. The number of piperidine rings is 1. The molecular formula is C22H24F3NO. The number of rotatable bonds is 4. The predicted molar refractivity (Wildman–Crippen MR) is 98.1 cm³/mol. The fourth-order valence-corrected chi connectivity index (χ4v) is 4.80. The van der Waals surface area contributed by atoms with Crippen LogP contribution >= 0.6 is 0 Å². The van der Waals surface area contributed by atoms with Crippen molar-refractivity contribution in [1.82, 2.24) is 4.90 Å². The van der Waals surface area contributed by atoms with Gasteiger partial charge in [-0.25, -0.2) is 0 Å². The number of nitrogens with zero attached hydrogens (tertiary/aromatic N) is 1. The molecule has 2 aromatic carbocycles. The van der Waals surface area contributed by atoms with Crippen molar-refractivity contribution in [3.8, 4) is 0 Å². The van der Waals surface area contributed by atoms with Gasteiger partial charge >= 0.3 is 6.18 Å². The smallest absolute Gasteiger partial charge is 0.389 e. The predicted octanol–water partition coefficient (Wildman–Crippen LogP) is 4.81. The van der Waals surface area contributed by atoms with Crippen LogP contribution in [0.5, 0.6) is 0 Å². The van der Waals surface area contributed by atoms with Gasteiger partial charge in [-0.05, 0) is 48.9 Å². The van der Waals surface area contributed by atoms with Gasteiger partial charge < -0.3 is 5.11 Å². The van der Waals surface area contributed by atoms with Crippen molar-refractivity contribution in [2.45, 2.75) is 62.5 Å². The fourth-order valence-electron chi connectivity index (χ4n) is 4.80. The van der Waals surface area contributed by atoms with Gasteiger partial charge in [0, 0.05) is 25.0 Å². The summed E-state index contributed by atoms with van der Waals surface area (Å²) in [5, 5.41) is 11.2. The minimum absolute atomic E-state index is 0.336. The van der Waals surface area contributed by atoms with E-state index in [1.807, 2.05) is 18.2 Å². The molecule has 2 nitrogen and oxygen atoms in total. The van der Waals surface area contributed by atoms with Crippen molar-refractivity contribution < 1.29 is 18.3 Å². The van der Waals surface area contributed by atoms with Crippen LogP contribution in [0.15, 0.2) is 54.6 Å². The quantitative estimate of drug-likeness (QED) is 0.829. The van der Waals surface area contributed by atoms with Gasteiger partial charge in [0.1, 0.15) is 0 Å². The van der Waals surface area contributed by atoms with Crippen LogP contribution in [0.1, 0.15) is 42.4 Å². The van der Waals surface area contributed by atoms with E-state index in [4.69, 9.17) is 0 Å². The van der Waals surface area contributed by atoms with Crippen molar-refractivity contribution in [3.05, 3.63) is 71.3 Å². The minimum Gasteiger partial charge on any atom is -0.389 e. The molecule has 0 amide bonds. The van der Waals surface area contributed by atoms with Crippen molar-refractivity contribution >= 4 is 0 Å². The van der Waals surface area contributed by atoms with Crippen LogP contribution in [0.25, 0.3) is 0 Å². The Bertz CT molecular complexity index is 758. The molecule has 2 aliphatic rings. The Morgan fingerprint density at radius 2 is 1.48 bits per heavy atom. The summed E-state index contributed by atoms with van der Waals surface area (Å²) in [6.45, 7) is 0.895. The second-order valence-corrected chi connectivity index (χ2v) is 8.05. The Morgan fingerprint density at radius 3 is 2.04 bits per heavy atom. The van der Waals surface area contributed by atoms with Gasteiger partial charge in [-0.15, -0.1) is 0 Å². The molecule has 2 heterocycles. The summed E-state index contributed by atoms with van der Waals surface area (Å²) in [5.74, 6) is 0. The molecule has 2 saturated heterocycles. The highest BCUT2D eigenvalue weighted by Crippen LogP contribution is 2.43. The molecule has 0 spiro atoms. The molecule has 5 heteroatoms. The largest absolute Gasteiger partial charge is 0.416 e. The third-order valence-corrected chi connectivity index (χ3v) is 6.02. The lowest BCUT2D eigenvalue weighted by Gasteiger charge is -2.44. The molecule has 2 aromatic rings. The van der Waals surface area contributed by atoms with Gasteiger partial charge in [-0.2, -0.15) is 13.2 Å². The fraction of sp³-hybridized carbons (Fsp3) is 0.455. The minimum atomic E-state index is -4.32. The zero-order chi connectivity index (χ0) is 19.1. The van der Waals surface area contributed by atoms with E-state index in [1.165, 1.54) is 17.7 Å².